The number of benzene rings is 1. The van der Waals surface area contributed by atoms with Crippen molar-refractivity contribution in [2.24, 2.45) is 0 Å². The summed E-state index contributed by atoms with van der Waals surface area (Å²) < 4.78 is 27.6. The van der Waals surface area contributed by atoms with E-state index < -0.39 is 10.0 Å². The Bertz CT molecular complexity index is 800. The topological polar surface area (TPSA) is 62.3 Å². The molecule has 8 heteroatoms. The molecule has 0 amide bonds. The van der Waals surface area contributed by atoms with Crippen LogP contribution in [0.15, 0.2) is 47.6 Å². The average Bonchev–Trinajstić information content (AvgIpc) is 2.58. The Kier molecular flexibility index (Phi) is 4.89. The van der Waals surface area contributed by atoms with Crippen LogP contribution in [0.5, 0.6) is 0 Å². The summed E-state index contributed by atoms with van der Waals surface area (Å²) >= 11 is 12.1. The van der Waals surface area contributed by atoms with Gasteiger partial charge >= 0.3 is 0 Å². The number of hydrogen-bond acceptors (Lipinski definition) is 4. The van der Waals surface area contributed by atoms with E-state index in [1.165, 1.54) is 10.4 Å². The lowest BCUT2D eigenvalue weighted by Crippen LogP contribution is -2.48. The minimum absolute atomic E-state index is 0.0301. The lowest BCUT2D eigenvalue weighted by Gasteiger charge is -2.35. The van der Waals surface area contributed by atoms with E-state index in [2.05, 4.69) is 10.3 Å². The van der Waals surface area contributed by atoms with E-state index in [1.54, 1.807) is 30.6 Å². The summed E-state index contributed by atoms with van der Waals surface area (Å²) in [6.07, 6.45) is 3.34. The van der Waals surface area contributed by atoms with Crippen LogP contribution in [0.4, 0.5) is 0 Å². The zero-order chi connectivity index (χ0) is 16.4. The number of nitrogens with one attached hydrogen (secondary N) is 1. The fourth-order valence-corrected chi connectivity index (χ4v) is 4.99. The number of halogens is 2. The van der Waals surface area contributed by atoms with Crippen molar-refractivity contribution in [3.63, 3.8) is 0 Å². The summed E-state index contributed by atoms with van der Waals surface area (Å²) in [4.78, 5) is 4.11. The van der Waals surface area contributed by atoms with Crippen LogP contribution in [0, 0.1) is 0 Å². The van der Waals surface area contributed by atoms with Gasteiger partial charge in [0.15, 0.2) is 0 Å². The van der Waals surface area contributed by atoms with Gasteiger partial charge in [-0.3, -0.25) is 4.98 Å². The second-order valence-corrected chi connectivity index (χ2v) is 7.82. The molecular weight excluding hydrogens is 357 g/mol. The van der Waals surface area contributed by atoms with Crippen LogP contribution in [0.1, 0.15) is 11.6 Å². The lowest BCUT2D eigenvalue weighted by atomic mass is 10.1. The summed E-state index contributed by atoms with van der Waals surface area (Å²) in [5, 5.41) is 3.50. The van der Waals surface area contributed by atoms with Crippen LogP contribution in [0.2, 0.25) is 10.0 Å². The summed E-state index contributed by atoms with van der Waals surface area (Å²) in [7, 11) is -3.76. The highest BCUT2D eigenvalue weighted by atomic mass is 35.5. The predicted molar refractivity (Wildman–Crippen MR) is 90.2 cm³/mol. The molecule has 1 unspecified atom stereocenters. The molecule has 1 fully saturated rings. The normalized spacial score (nSPS) is 19.7. The van der Waals surface area contributed by atoms with Crippen LogP contribution in [0.3, 0.4) is 0 Å². The van der Waals surface area contributed by atoms with Gasteiger partial charge in [-0.25, -0.2) is 8.42 Å². The molecule has 23 heavy (non-hydrogen) atoms. The first kappa shape index (κ1) is 16.7. The van der Waals surface area contributed by atoms with E-state index in [9.17, 15) is 8.42 Å². The fourth-order valence-electron chi connectivity index (χ4n) is 2.64. The SMILES string of the molecule is O=S(=O)(c1cccc(Cl)c1Cl)N1CCNCC1c1cccnc1. The molecule has 3 rings (SSSR count). The molecule has 122 valence electrons. The Hall–Kier alpha value is -1.18. The van der Waals surface area contributed by atoms with Gasteiger partial charge in [-0.2, -0.15) is 4.31 Å². The van der Waals surface area contributed by atoms with Crippen molar-refractivity contribution in [2.75, 3.05) is 19.6 Å². The first-order valence-corrected chi connectivity index (χ1v) is 9.28. The van der Waals surface area contributed by atoms with E-state index >= 15 is 0 Å². The third kappa shape index (κ3) is 3.22. The van der Waals surface area contributed by atoms with Crippen molar-refractivity contribution >= 4 is 33.2 Å². The van der Waals surface area contributed by atoms with E-state index in [4.69, 9.17) is 23.2 Å². The van der Waals surface area contributed by atoms with Gasteiger partial charge in [0.05, 0.1) is 16.1 Å². The second-order valence-electron chi connectivity index (χ2n) is 5.17. The Morgan fingerprint density at radius 3 is 2.78 bits per heavy atom. The third-order valence-corrected chi connectivity index (χ3v) is 6.65. The largest absolute Gasteiger partial charge is 0.313 e. The molecule has 0 saturated carbocycles. The Morgan fingerprint density at radius 1 is 1.22 bits per heavy atom. The van der Waals surface area contributed by atoms with Gasteiger partial charge < -0.3 is 5.32 Å². The molecule has 1 atom stereocenters. The fraction of sp³-hybridized carbons (Fsp3) is 0.267. The number of rotatable bonds is 3. The smallest absolute Gasteiger partial charge is 0.245 e. The molecule has 1 saturated heterocycles. The van der Waals surface area contributed by atoms with Crippen molar-refractivity contribution in [2.45, 2.75) is 10.9 Å². The van der Waals surface area contributed by atoms with Crippen molar-refractivity contribution in [3.05, 3.63) is 58.3 Å². The summed E-state index contributed by atoms with van der Waals surface area (Å²) in [5.41, 5.74) is 0.835. The van der Waals surface area contributed by atoms with Gasteiger partial charge in [0.1, 0.15) is 4.90 Å². The van der Waals surface area contributed by atoms with Crippen LogP contribution in [-0.2, 0) is 10.0 Å². The second kappa shape index (κ2) is 6.75. The standard InChI is InChI=1S/C15H15Cl2N3O2S/c16-12-4-1-5-14(15(12)17)23(21,22)20-8-7-19-10-13(20)11-3-2-6-18-9-11/h1-6,9,13,19H,7-8,10H2. The minimum atomic E-state index is -3.76. The summed E-state index contributed by atoms with van der Waals surface area (Å²) in [5.74, 6) is 0. The zero-order valence-corrected chi connectivity index (χ0v) is 14.4. The van der Waals surface area contributed by atoms with Gasteiger partial charge in [-0.05, 0) is 23.8 Å². The number of hydrogen-bond donors (Lipinski definition) is 1. The molecule has 1 N–H and O–H groups in total. The van der Waals surface area contributed by atoms with Crippen molar-refractivity contribution in [3.8, 4) is 0 Å². The van der Waals surface area contributed by atoms with Gasteiger partial charge in [-0.15, -0.1) is 0 Å². The molecule has 5 nitrogen and oxygen atoms in total. The van der Waals surface area contributed by atoms with Crippen LogP contribution >= 0.6 is 23.2 Å². The quantitative estimate of drug-likeness (QED) is 0.900. The first-order chi connectivity index (χ1) is 11.0. The van der Waals surface area contributed by atoms with Crippen LogP contribution < -0.4 is 5.32 Å². The zero-order valence-electron chi connectivity index (χ0n) is 12.1. The average molecular weight is 372 g/mol. The maximum absolute atomic E-state index is 13.1. The highest BCUT2D eigenvalue weighted by Crippen LogP contribution is 2.34. The first-order valence-electron chi connectivity index (χ1n) is 7.08. The number of piperazine rings is 1. The molecule has 2 aromatic rings. The summed E-state index contributed by atoms with van der Waals surface area (Å²) in [6, 6.07) is 7.96. The molecule has 0 aliphatic carbocycles. The molecule has 0 bridgehead atoms. The van der Waals surface area contributed by atoms with E-state index in [0.717, 1.165) is 5.56 Å². The maximum atomic E-state index is 13.1. The minimum Gasteiger partial charge on any atom is -0.313 e. The molecule has 1 aliphatic rings. The molecule has 0 spiro atoms. The molecule has 1 aromatic carbocycles. The molecular formula is C15H15Cl2N3O2S. The van der Waals surface area contributed by atoms with Crippen LogP contribution in [0.25, 0.3) is 0 Å². The van der Waals surface area contributed by atoms with Gasteiger partial charge in [0, 0.05) is 32.0 Å². The van der Waals surface area contributed by atoms with Gasteiger partial charge in [0.25, 0.3) is 0 Å². The van der Waals surface area contributed by atoms with Gasteiger partial charge in [-0.1, -0.05) is 35.3 Å². The lowest BCUT2D eigenvalue weighted by molar-refractivity contribution is 0.271. The highest BCUT2D eigenvalue weighted by molar-refractivity contribution is 7.89. The molecule has 1 aliphatic heterocycles. The Morgan fingerprint density at radius 2 is 2.04 bits per heavy atom. The summed E-state index contributed by atoms with van der Waals surface area (Å²) in [6.45, 7) is 1.45. The molecule has 2 heterocycles. The van der Waals surface area contributed by atoms with E-state index in [1.807, 2.05) is 6.07 Å². The third-order valence-electron chi connectivity index (χ3n) is 3.77. The van der Waals surface area contributed by atoms with Crippen molar-refractivity contribution in [1.29, 1.82) is 0 Å². The molecule has 1 aromatic heterocycles. The monoisotopic (exact) mass is 371 g/mol. The maximum Gasteiger partial charge on any atom is 0.245 e. The Labute approximate surface area is 145 Å². The Balaban J connectivity index is 2.05. The van der Waals surface area contributed by atoms with Crippen molar-refractivity contribution < 1.29 is 8.42 Å². The van der Waals surface area contributed by atoms with E-state index in [0.29, 0.717) is 19.6 Å². The van der Waals surface area contributed by atoms with E-state index in [-0.39, 0.29) is 21.0 Å². The van der Waals surface area contributed by atoms with Crippen molar-refractivity contribution in [1.82, 2.24) is 14.6 Å². The predicted octanol–water partition coefficient (Wildman–Crippen LogP) is 2.72. The number of aromatic nitrogens is 1. The van der Waals surface area contributed by atoms with Crippen LogP contribution in [-0.4, -0.2) is 37.3 Å². The molecule has 0 radical (unpaired) electrons. The number of sulfonamides is 1. The highest BCUT2D eigenvalue weighted by Gasteiger charge is 2.35. The van der Waals surface area contributed by atoms with Gasteiger partial charge in [0.2, 0.25) is 10.0 Å². The number of nitrogens with zero attached hydrogens (tertiary/aromatic N) is 2. The number of pyridine rings is 1.